The van der Waals surface area contributed by atoms with Crippen molar-refractivity contribution in [1.29, 1.82) is 0 Å². The van der Waals surface area contributed by atoms with Crippen LogP contribution in [0.2, 0.25) is 0 Å². The molecule has 0 fully saturated rings. The molecule has 1 aromatic rings. The molecule has 3 heteroatoms. The normalized spacial score (nSPS) is 11.4. The Kier molecular flexibility index (Phi) is 5.26. The van der Waals surface area contributed by atoms with Gasteiger partial charge in [-0.05, 0) is 24.5 Å². The molecule has 0 radical (unpaired) electrons. The molecule has 0 saturated heterocycles. The van der Waals surface area contributed by atoms with Gasteiger partial charge in [-0.25, -0.2) is 9.67 Å². The smallest absolute Gasteiger partial charge is 0.154 e. The van der Waals surface area contributed by atoms with Crippen LogP contribution in [-0.4, -0.2) is 14.8 Å². The van der Waals surface area contributed by atoms with Crippen LogP contribution in [0.3, 0.4) is 0 Å². The summed E-state index contributed by atoms with van der Waals surface area (Å²) in [6.07, 6.45) is 11.8. The first-order valence-electron chi connectivity index (χ1n) is 5.66. The third-order valence-corrected chi connectivity index (χ3v) is 2.40. The summed E-state index contributed by atoms with van der Waals surface area (Å²) in [7, 11) is 0. The highest BCUT2D eigenvalue weighted by atomic mass is 15.3. The van der Waals surface area contributed by atoms with E-state index in [9.17, 15) is 0 Å². The van der Waals surface area contributed by atoms with E-state index in [0.717, 1.165) is 12.2 Å². The molecule has 86 valence electrons. The molecule has 0 amide bonds. The number of aromatic nitrogens is 3. The van der Waals surface area contributed by atoms with Crippen molar-refractivity contribution in [2.24, 2.45) is 0 Å². The zero-order valence-corrected chi connectivity index (χ0v) is 9.89. The van der Waals surface area contributed by atoms with E-state index in [0.29, 0.717) is 0 Å². The fourth-order valence-corrected chi connectivity index (χ4v) is 1.46. The summed E-state index contributed by atoms with van der Waals surface area (Å²) < 4.78 is 1.73. The van der Waals surface area contributed by atoms with E-state index < -0.39 is 0 Å². The van der Waals surface area contributed by atoms with Crippen molar-refractivity contribution >= 4 is 12.3 Å². The molecular weight excluding hydrogens is 198 g/mol. The van der Waals surface area contributed by atoms with Crippen LogP contribution in [0.25, 0.3) is 12.3 Å². The molecule has 1 rings (SSSR count). The minimum absolute atomic E-state index is 0.759. The maximum Gasteiger partial charge on any atom is 0.154 e. The van der Waals surface area contributed by atoms with Crippen LogP contribution in [0, 0.1) is 0 Å². The van der Waals surface area contributed by atoms with Crippen LogP contribution < -0.4 is 0 Å². The van der Waals surface area contributed by atoms with Crippen molar-refractivity contribution in [2.45, 2.75) is 32.6 Å². The number of unbranched alkanes of at least 4 members (excludes halogenated alkanes) is 2. The second-order valence-electron chi connectivity index (χ2n) is 3.63. The average Bonchev–Trinajstić information content (AvgIpc) is 2.75. The van der Waals surface area contributed by atoms with Gasteiger partial charge in [0.1, 0.15) is 6.33 Å². The van der Waals surface area contributed by atoms with Gasteiger partial charge < -0.3 is 0 Å². The summed E-state index contributed by atoms with van der Waals surface area (Å²) in [5.41, 5.74) is 1.18. The minimum atomic E-state index is 0.759. The molecule has 0 unspecified atom stereocenters. The third kappa shape index (κ3) is 3.50. The molecule has 0 saturated carbocycles. The van der Waals surface area contributed by atoms with Crippen molar-refractivity contribution in [3.8, 4) is 0 Å². The van der Waals surface area contributed by atoms with Gasteiger partial charge in [-0.1, -0.05) is 39.0 Å². The summed E-state index contributed by atoms with van der Waals surface area (Å²) in [6.45, 7) is 9.71. The first-order valence-corrected chi connectivity index (χ1v) is 5.66. The Morgan fingerprint density at radius 3 is 2.88 bits per heavy atom. The molecule has 1 aromatic heterocycles. The molecule has 0 aliphatic rings. The van der Waals surface area contributed by atoms with E-state index in [1.807, 2.05) is 12.3 Å². The molecule has 0 spiro atoms. The lowest BCUT2D eigenvalue weighted by Crippen LogP contribution is -1.94. The standard InChI is InChI=1S/C13H19N3/c1-4-7-8-9-12(5-2)10-16-13(6-3)14-11-15-16/h5-6,10-11H,2-4,7-9H2,1H3/b12-10+. The second kappa shape index (κ2) is 6.77. The maximum absolute atomic E-state index is 4.11. The summed E-state index contributed by atoms with van der Waals surface area (Å²) in [4.78, 5) is 4.07. The summed E-state index contributed by atoms with van der Waals surface area (Å²) in [6, 6.07) is 0. The lowest BCUT2D eigenvalue weighted by Gasteiger charge is -2.02. The minimum Gasteiger partial charge on any atom is -0.221 e. The van der Waals surface area contributed by atoms with E-state index >= 15 is 0 Å². The van der Waals surface area contributed by atoms with Crippen LogP contribution in [0.1, 0.15) is 38.4 Å². The Bertz CT molecular complexity index is 374. The van der Waals surface area contributed by atoms with E-state index in [-0.39, 0.29) is 0 Å². The highest BCUT2D eigenvalue weighted by Gasteiger charge is 1.98. The van der Waals surface area contributed by atoms with Crippen LogP contribution >= 0.6 is 0 Å². The topological polar surface area (TPSA) is 30.7 Å². The lowest BCUT2D eigenvalue weighted by molar-refractivity contribution is 0.718. The Hall–Kier alpha value is -1.64. The van der Waals surface area contributed by atoms with Gasteiger partial charge in [0.2, 0.25) is 0 Å². The van der Waals surface area contributed by atoms with E-state index in [4.69, 9.17) is 0 Å². The SMILES string of the molecule is C=C/C(=C\n1ncnc1C=C)CCCCC. The van der Waals surface area contributed by atoms with Crippen molar-refractivity contribution in [1.82, 2.24) is 14.8 Å². The van der Waals surface area contributed by atoms with E-state index in [1.54, 1.807) is 10.8 Å². The monoisotopic (exact) mass is 217 g/mol. The van der Waals surface area contributed by atoms with Crippen molar-refractivity contribution in [2.75, 3.05) is 0 Å². The Morgan fingerprint density at radius 1 is 1.44 bits per heavy atom. The largest absolute Gasteiger partial charge is 0.221 e. The molecular formula is C13H19N3. The first kappa shape index (κ1) is 12.4. The van der Waals surface area contributed by atoms with Gasteiger partial charge in [0.15, 0.2) is 5.82 Å². The molecule has 0 atom stereocenters. The van der Waals surface area contributed by atoms with Crippen LogP contribution in [0.15, 0.2) is 31.1 Å². The van der Waals surface area contributed by atoms with Gasteiger partial charge >= 0.3 is 0 Å². The summed E-state index contributed by atoms with van der Waals surface area (Å²) in [5, 5.41) is 4.11. The zero-order chi connectivity index (χ0) is 11.8. The number of hydrogen-bond donors (Lipinski definition) is 0. The van der Waals surface area contributed by atoms with Gasteiger partial charge in [0, 0.05) is 6.20 Å². The number of hydrogen-bond acceptors (Lipinski definition) is 2. The number of rotatable bonds is 7. The fourth-order valence-electron chi connectivity index (χ4n) is 1.46. The predicted molar refractivity (Wildman–Crippen MR) is 68.7 cm³/mol. The summed E-state index contributed by atoms with van der Waals surface area (Å²) in [5.74, 6) is 0.759. The molecule has 0 aliphatic heterocycles. The van der Waals surface area contributed by atoms with E-state index in [2.05, 4.69) is 30.2 Å². The van der Waals surface area contributed by atoms with Gasteiger partial charge in [0.05, 0.1) is 0 Å². The Balaban J connectivity index is 2.71. The highest BCUT2D eigenvalue weighted by molar-refractivity contribution is 5.44. The van der Waals surface area contributed by atoms with Crippen LogP contribution in [0.5, 0.6) is 0 Å². The third-order valence-electron chi connectivity index (χ3n) is 2.40. The average molecular weight is 217 g/mol. The number of nitrogens with zero attached hydrogens (tertiary/aromatic N) is 3. The summed E-state index contributed by atoms with van der Waals surface area (Å²) >= 11 is 0. The van der Waals surface area contributed by atoms with Crippen LogP contribution in [-0.2, 0) is 0 Å². The van der Waals surface area contributed by atoms with Gasteiger partial charge in [-0.3, -0.25) is 0 Å². The van der Waals surface area contributed by atoms with Gasteiger partial charge in [0.25, 0.3) is 0 Å². The van der Waals surface area contributed by atoms with Crippen molar-refractivity contribution < 1.29 is 0 Å². The highest BCUT2D eigenvalue weighted by Crippen LogP contribution is 2.11. The molecule has 16 heavy (non-hydrogen) atoms. The van der Waals surface area contributed by atoms with Crippen LogP contribution in [0.4, 0.5) is 0 Å². The molecule has 0 bridgehead atoms. The molecule has 0 aliphatic carbocycles. The second-order valence-corrected chi connectivity index (χ2v) is 3.63. The van der Waals surface area contributed by atoms with Crippen molar-refractivity contribution in [3.63, 3.8) is 0 Å². The maximum atomic E-state index is 4.11. The first-order chi connectivity index (χ1) is 7.81. The quantitative estimate of drug-likeness (QED) is 0.516. The fraction of sp³-hybridized carbons (Fsp3) is 0.385. The van der Waals surface area contributed by atoms with Crippen molar-refractivity contribution in [3.05, 3.63) is 37.0 Å². The number of allylic oxidation sites excluding steroid dienone is 2. The molecule has 0 aromatic carbocycles. The zero-order valence-electron chi connectivity index (χ0n) is 9.89. The molecule has 3 nitrogen and oxygen atoms in total. The predicted octanol–water partition coefficient (Wildman–Crippen LogP) is 3.53. The molecule has 1 heterocycles. The Morgan fingerprint density at radius 2 is 2.25 bits per heavy atom. The lowest BCUT2D eigenvalue weighted by atomic mass is 10.1. The van der Waals surface area contributed by atoms with Gasteiger partial charge in [-0.15, -0.1) is 0 Å². The van der Waals surface area contributed by atoms with E-state index in [1.165, 1.54) is 31.2 Å². The van der Waals surface area contributed by atoms with Gasteiger partial charge in [-0.2, -0.15) is 5.10 Å². The molecule has 0 N–H and O–H groups in total. The Labute approximate surface area is 97.2 Å².